The summed E-state index contributed by atoms with van der Waals surface area (Å²) in [5, 5.41) is 0.870. The van der Waals surface area contributed by atoms with Crippen molar-refractivity contribution < 1.29 is 8.78 Å². The maximum atomic E-state index is 12.3. The molecule has 1 heterocycles. The fourth-order valence-electron chi connectivity index (χ4n) is 1.15. The van der Waals surface area contributed by atoms with Crippen LogP contribution in [0.25, 0.3) is 10.1 Å². The molecule has 0 bridgehead atoms. The fourth-order valence-corrected chi connectivity index (χ4v) is 2.70. The van der Waals surface area contributed by atoms with Gasteiger partial charge in [0.05, 0.1) is 4.88 Å². The normalized spacial score (nSPS) is 11.4. The van der Waals surface area contributed by atoms with Crippen LogP contribution in [-0.4, -0.2) is 0 Å². The summed E-state index contributed by atoms with van der Waals surface area (Å²) in [6.45, 7) is 0. The Kier molecular flexibility index (Phi) is 2.34. The van der Waals surface area contributed by atoms with E-state index in [9.17, 15) is 8.78 Å². The van der Waals surface area contributed by atoms with Crippen LogP contribution in [0.15, 0.2) is 28.7 Å². The Hall–Kier alpha value is -0.480. The Morgan fingerprint density at radius 2 is 2.08 bits per heavy atom. The Labute approximate surface area is 86.3 Å². The summed E-state index contributed by atoms with van der Waals surface area (Å²) in [6, 6.07) is 7.07. The van der Waals surface area contributed by atoms with E-state index < -0.39 is 6.43 Å². The highest BCUT2D eigenvalue weighted by atomic mass is 79.9. The summed E-state index contributed by atoms with van der Waals surface area (Å²) < 4.78 is 26.4. The molecule has 2 rings (SSSR count). The Balaban J connectivity index is 2.68. The predicted octanol–water partition coefficient (Wildman–Crippen LogP) is 4.60. The molecule has 2 aromatic rings. The first-order valence-corrected chi connectivity index (χ1v) is 5.25. The van der Waals surface area contributed by atoms with E-state index in [-0.39, 0.29) is 4.88 Å². The van der Waals surface area contributed by atoms with E-state index >= 15 is 0 Å². The number of thiophene rings is 1. The van der Waals surface area contributed by atoms with E-state index in [1.54, 1.807) is 0 Å². The number of hydrogen-bond donors (Lipinski definition) is 0. The van der Waals surface area contributed by atoms with Crippen molar-refractivity contribution in [2.75, 3.05) is 0 Å². The maximum Gasteiger partial charge on any atom is 0.272 e. The molecular formula is C9H5BrF2S. The van der Waals surface area contributed by atoms with Crippen molar-refractivity contribution in [1.82, 2.24) is 0 Å². The monoisotopic (exact) mass is 262 g/mol. The van der Waals surface area contributed by atoms with Gasteiger partial charge >= 0.3 is 0 Å². The average molecular weight is 263 g/mol. The van der Waals surface area contributed by atoms with Gasteiger partial charge in [-0.15, -0.1) is 11.3 Å². The maximum absolute atomic E-state index is 12.3. The molecular weight excluding hydrogens is 258 g/mol. The molecule has 0 fully saturated rings. The Morgan fingerprint density at radius 3 is 2.69 bits per heavy atom. The summed E-state index contributed by atoms with van der Waals surface area (Å²) in [4.78, 5) is 0.127. The van der Waals surface area contributed by atoms with E-state index in [0.29, 0.717) is 0 Å². The van der Waals surface area contributed by atoms with Crippen LogP contribution in [0, 0.1) is 0 Å². The number of hydrogen-bond acceptors (Lipinski definition) is 1. The number of fused-ring (bicyclic) bond motifs is 1. The number of rotatable bonds is 1. The van der Waals surface area contributed by atoms with Gasteiger partial charge in [-0.3, -0.25) is 0 Å². The van der Waals surface area contributed by atoms with Crippen molar-refractivity contribution in [3.05, 3.63) is 33.6 Å². The minimum Gasteiger partial charge on any atom is -0.204 e. The van der Waals surface area contributed by atoms with Crippen molar-refractivity contribution >= 4 is 37.4 Å². The molecule has 0 N–H and O–H groups in total. The molecule has 0 amide bonds. The van der Waals surface area contributed by atoms with Gasteiger partial charge in [0.1, 0.15) is 0 Å². The van der Waals surface area contributed by atoms with Crippen LogP contribution >= 0.6 is 27.3 Å². The van der Waals surface area contributed by atoms with Gasteiger partial charge in [0.25, 0.3) is 6.43 Å². The molecule has 0 radical (unpaired) electrons. The summed E-state index contributed by atoms with van der Waals surface area (Å²) in [5.41, 5.74) is 0. The molecule has 0 saturated carbocycles. The van der Waals surface area contributed by atoms with Crippen molar-refractivity contribution in [3.8, 4) is 0 Å². The van der Waals surface area contributed by atoms with Crippen molar-refractivity contribution in [1.29, 1.82) is 0 Å². The molecule has 0 atom stereocenters. The first-order chi connectivity index (χ1) is 6.18. The van der Waals surface area contributed by atoms with Gasteiger partial charge in [0.2, 0.25) is 0 Å². The lowest BCUT2D eigenvalue weighted by Crippen LogP contribution is -1.72. The molecule has 0 spiro atoms. The zero-order chi connectivity index (χ0) is 9.42. The molecule has 0 unspecified atom stereocenters. The van der Waals surface area contributed by atoms with E-state index in [1.807, 2.05) is 18.2 Å². The third-order valence-electron chi connectivity index (χ3n) is 1.73. The molecule has 68 valence electrons. The number of benzene rings is 1. The van der Waals surface area contributed by atoms with Crippen molar-refractivity contribution in [3.63, 3.8) is 0 Å². The molecule has 0 saturated heterocycles. The van der Waals surface area contributed by atoms with Crippen LogP contribution < -0.4 is 0 Å². The van der Waals surface area contributed by atoms with E-state index in [0.717, 1.165) is 25.9 Å². The van der Waals surface area contributed by atoms with Gasteiger partial charge in [0, 0.05) is 9.17 Å². The molecule has 0 aliphatic carbocycles. The lowest BCUT2D eigenvalue weighted by molar-refractivity contribution is 0.156. The average Bonchev–Trinajstić information content (AvgIpc) is 2.49. The van der Waals surface area contributed by atoms with Crippen molar-refractivity contribution in [2.45, 2.75) is 6.43 Å². The van der Waals surface area contributed by atoms with Crippen LogP contribution in [0.2, 0.25) is 0 Å². The summed E-state index contributed by atoms with van der Waals surface area (Å²) in [7, 11) is 0. The summed E-state index contributed by atoms with van der Waals surface area (Å²) >= 11 is 4.46. The largest absolute Gasteiger partial charge is 0.272 e. The van der Waals surface area contributed by atoms with E-state index in [4.69, 9.17) is 0 Å². The Morgan fingerprint density at radius 1 is 1.31 bits per heavy atom. The van der Waals surface area contributed by atoms with Gasteiger partial charge in [-0.2, -0.15) is 0 Å². The molecule has 13 heavy (non-hydrogen) atoms. The van der Waals surface area contributed by atoms with Gasteiger partial charge < -0.3 is 0 Å². The molecule has 0 nitrogen and oxygen atoms in total. The second-order valence-electron chi connectivity index (χ2n) is 2.61. The van der Waals surface area contributed by atoms with E-state index in [1.165, 1.54) is 6.07 Å². The van der Waals surface area contributed by atoms with Crippen LogP contribution in [0.5, 0.6) is 0 Å². The minimum atomic E-state index is -2.37. The second-order valence-corrected chi connectivity index (χ2v) is 4.55. The highest BCUT2D eigenvalue weighted by Gasteiger charge is 2.12. The summed E-state index contributed by atoms with van der Waals surface area (Å²) in [6.07, 6.45) is -2.37. The minimum absolute atomic E-state index is 0.127. The zero-order valence-electron chi connectivity index (χ0n) is 6.43. The van der Waals surface area contributed by atoms with Crippen molar-refractivity contribution in [2.24, 2.45) is 0 Å². The fraction of sp³-hybridized carbons (Fsp3) is 0.111. The Bertz CT molecular complexity index is 436. The number of halogens is 3. The highest BCUT2D eigenvalue weighted by molar-refractivity contribution is 9.10. The summed E-state index contributed by atoms with van der Waals surface area (Å²) in [5.74, 6) is 0. The quantitative estimate of drug-likeness (QED) is 0.705. The van der Waals surface area contributed by atoms with Crippen LogP contribution in [0.4, 0.5) is 8.78 Å². The van der Waals surface area contributed by atoms with Gasteiger partial charge in [0.15, 0.2) is 0 Å². The number of alkyl halides is 2. The van der Waals surface area contributed by atoms with Gasteiger partial charge in [-0.05, 0) is 33.4 Å². The third-order valence-corrected chi connectivity index (χ3v) is 3.84. The molecule has 0 aliphatic rings. The van der Waals surface area contributed by atoms with Gasteiger partial charge in [-0.25, -0.2) is 8.78 Å². The third kappa shape index (κ3) is 1.60. The van der Waals surface area contributed by atoms with Crippen LogP contribution in [-0.2, 0) is 0 Å². The van der Waals surface area contributed by atoms with Crippen LogP contribution in [0.1, 0.15) is 11.3 Å². The lowest BCUT2D eigenvalue weighted by atomic mass is 10.2. The smallest absolute Gasteiger partial charge is 0.204 e. The highest BCUT2D eigenvalue weighted by Crippen LogP contribution is 2.36. The first-order valence-electron chi connectivity index (χ1n) is 3.64. The second kappa shape index (κ2) is 3.35. The molecule has 1 aromatic carbocycles. The van der Waals surface area contributed by atoms with Gasteiger partial charge in [-0.1, -0.05) is 12.1 Å². The molecule has 4 heteroatoms. The molecule has 0 aliphatic heterocycles. The SMILES string of the molecule is FC(F)c1cc2cccc(Br)c2s1. The lowest BCUT2D eigenvalue weighted by Gasteiger charge is -1.90. The van der Waals surface area contributed by atoms with Crippen LogP contribution in [0.3, 0.4) is 0 Å². The molecule has 1 aromatic heterocycles. The zero-order valence-corrected chi connectivity index (χ0v) is 8.83. The first kappa shape index (κ1) is 9.09. The predicted molar refractivity (Wildman–Crippen MR) is 54.5 cm³/mol. The topological polar surface area (TPSA) is 0 Å². The van der Waals surface area contributed by atoms with E-state index in [2.05, 4.69) is 15.9 Å². The standard InChI is InChI=1S/C9H5BrF2S/c10-6-3-1-2-5-4-7(9(11)12)13-8(5)6/h1-4,9H.